The molecule has 0 unspecified atom stereocenters. The molecule has 0 amide bonds. The largest absolute Gasteiger partial charge is 0.338 e. The van der Waals surface area contributed by atoms with Crippen molar-refractivity contribution in [2.45, 2.75) is 26.9 Å². The van der Waals surface area contributed by atoms with Gasteiger partial charge in [-0.25, -0.2) is 0 Å². The molecule has 1 aromatic heterocycles. The lowest BCUT2D eigenvalue weighted by Gasteiger charge is -2.31. The SMILES string of the molecule is Cc1cccc(C)c1N1c2c(n(-c3ccccc3)c3ccccc23)N(C)[C@@H]1C. The number of anilines is 3. The lowest BCUT2D eigenvalue weighted by molar-refractivity contribution is 0.721. The molecule has 3 nitrogen and oxygen atoms in total. The molecule has 1 aliphatic heterocycles. The summed E-state index contributed by atoms with van der Waals surface area (Å²) >= 11 is 0. The summed E-state index contributed by atoms with van der Waals surface area (Å²) in [5, 5.41) is 1.29. The lowest BCUT2D eigenvalue weighted by Crippen LogP contribution is -2.37. The van der Waals surface area contributed by atoms with Crippen molar-refractivity contribution in [2.75, 3.05) is 16.8 Å². The predicted octanol–water partition coefficient (Wildman–Crippen LogP) is 6.18. The van der Waals surface area contributed by atoms with Crippen LogP contribution in [0.5, 0.6) is 0 Å². The van der Waals surface area contributed by atoms with Crippen molar-refractivity contribution in [1.82, 2.24) is 4.57 Å². The molecule has 0 spiro atoms. The van der Waals surface area contributed by atoms with Crippen LogP contribution in [-0.4, -0.2) is 17.8 Å². The van der Waals surface area contributed by atoms with E-state index in [2.05, 4.69) is 115 Å². The zero-order valence-corrected chi connectivity index (χ0v) is 16.8. The van der Waals surface area contributed by atoms with Crippen LogP contribution in [0.1, 0.15) is 18.1 Å². The van der Waals surface area contributed by atoms with E-state index in [1.807, 2.05) is 0 Å². The first-order valence-electron chi connectivity index (χ1n) is 9.86. The van der Waals surface area contributed by atoms with Gasteiger partial charge in [0.15, 0.2) is 0 Å². The van der Waals surface area contributed by atoms with Gasteiger partial charge in [-0.1, -0.05) is 54.6 Å². The van der Waals surface area contributed by atoms with Crippen LogP contribution in [-0.2, 0) is 0 Å². The number of aromatic nitrogens is 1. The van der Waals surface area contributed by atoms with Crippen molar-refractivity contribution in [3.8, 4) is 5.69 Å². The van der Waals surface area contributed by atoms with Crippen LogP contribution in [0, 0.1) is 13.8 Å². The second kappa shape index (κ2) is 6.16. The van der Waals surface area contributed by atoms with Crippen molar-refractivity contribution >= 4 is 28.1 Å². The first-order chi connectivity index (χ1) is 13.6. The molecule has 0 saturated carbocycles. The van der Waals surface area contributed by atoms with Crippen molar-refractivity contribution in [3.63, 3.8) is 0 Å². The standard InChI is InChI=1S/C25H25N3/c1-17-11-10-12-18(2)23(17)27-19(3)26(4)25-24(27)21-15-8-9-16-22(21)28(25)20-13-6-5-7-14-20/h5-16,19H,1-4H3/t19-/m0/s1. The number of aryl methyl sites for hydroxylation is 2. The van der Waals surface area contributed by atoms with Gasteiger partial charge in [0, 0.05) is 23.8 Å². The second-order valence-electron chi connectivity index (χ2n) is 7.71. The van der Waals surface area contributed by atoms with Crippen molar-refractivity contribution < 1.29 is 0 Å². The normalized spacial score (nSPS) is 16.1. The van der Waals surface area contributed by atoms with Crippen LogP contribution in [0.4, 0.5) is 17.2 Å². The lowest BCUT2D eigenvalue weighted by atomic mass is 10.1. The number of para-hydroxylation sites is 3. The molecule has 1 atom stereocenters. The molecular formula is C25H25N3. The van der Waals surface area contributed by atoms with E-state index in [-0.39, 0.29) is 6.17 Å². The van der Waals surface area contributed by atoms with E-state index in [0.29, 0.717) is 0 Å². The summed E-state index contributed by atoms with van der Waals surface area (Å²) in [7, 11) is 2.20. The smallest absolute Gasteiger partial charge is 0.140 e. The third-order valence-corrected chi connectivity index (χ3v) is 6.03. The Morgan fingerprint density at radius 3 is 2.07 bits per heavy atom. The summed E-state index contributed by atoms with van der Waals surface area (Å²) in [5.41, 5.74) is 7.67. The quantitative estimate of drug-likeness (QED) is 0.419. The van der Waals surface area contributed by atoms with Crippen LogP contribution >= 0.6 is 0 Å². The topological polar surface area (TPSA) is 11.4 Å². The molecule has 0 bridgehead atoms. The number of hydrogen-bond donors (Lipinski definition) is 0. The number of fused-ring (bicyclic) bond motifs is 3. The van der Waals surface area contributed by atoms with E-state index in [1.54, 1.807) is 0 Å². The van der Waals surface area contributed by atoms with E-state index < -0.39 is 0 Å². The summed E-state index contributed by atoms with van der Waals surface area (Å²) in [4.78, 5) is 4.91. The van der Waals surface area contributed by atoms with Crippen LogP contribution in [0.15, 0.2) is 72.8 Å². The Kier molecular flexibility index (Phi) is 3.73. The van der Waals surface area contributed by atoms with E-state index in [1.165, 1.54) is 44.9 Å². The maximum absolute atomic E-state index is 2.52. The molecule has 3 aromatic carbocycles. The Labute approximate surface area is 166 Å². The summed E-state index contributed by atoms with van der Waals surface area (Å²) < 4.78 is 2.40. The first-order valence-corrected chi connectivity index (χ1v) is 9.86. The van der Waals surface area contributed by atoms with Gasteiger partial charge < -0.3 is 9.80 Å². The van der Waals surface area contributed by atoms with Crippen LogP contribution < -0.4 is 9.80 Å². The highest BCUT2D eigenvalue weighted by molar-refractivity contribution is 6.07. The van der Waals surface area contributed by atoms with Gasteiger partial charge in [0.1, 0.15) is 12.0 Å². The molecule has 3 heteroatoms. The third-order valence-electron chi connectivity index (χ3n) is 6.03. The van der Waals surface area contributed by atoms with E-state index in [4.69, 9.17) is 0 Å². The molecule has 0 aliphatic carbocycles. The zero-order valence-electron chi connectivity index (χ0n) is 16.8. The summed E-state index contributed by atoms with van der Waals surface area (Å²) in [6.07, 6.45) is 0.240. The highest BCUT2D eigenvalue weighted by atomic mass is 15.5. The highest BCUT2D eigenvalue weighted by Gasteiger charge is 2.38. The van der Waals surface area contributed by atoms with Crippen LogP contribution in [0.2, 0.25) is 0 Å². The third kappa shape index (κ3) is 2.22. The average Bonchev–Trinajstić information content (AvgIpc) is 3.17. The Bertz CT molecular complexity index is 1150. The minimum atomic E-state index is 0.240. The van der Waals surface area contributed by atoms with Gasteiger partial charge in [-0.15, -0.1) is 0 Å². The molecule has 0 saturated heterocycles. The summed E-state index contributed by atoms with van der Waals surface area (Å²) in [5.74, 6) is 1.25. The average molecular weight is 367 g/mol. The maximum Gasteiger partial charge on any atom is 0.140 e. The Balaban J connectivity index is 1.88. The molecule has 0 radical (unpaired) electrons. The number of benzene rings is 3. The Morgan fingerprint density at radius 1 is 0.714 bits per heavy atom. The molecule has 1 aliphatic rings. The van der Waals surface area contributed by atoms with Gasteiger partial charge in [0.2, 0.25) is 0 Å². The first kappa shape index (κ1) is 16.9. The van der Waals surface area contributed by atoms with E-state index >= 15 is 0 Å². The van der Waals surface area contributed by atoms with Gasteiger partial charge >= 0.3 is 0 Å². The van der Waals surface area contributed by atoms with Crippen LogP contribution in [0.3, 0.4) is 0 Å². The number of hydrogen-bond acceptors (Lipinski definition) is 2. The van der Waals surface area contributed by atoms with Gasteiger partial charge in [-0.05, 0) is 50.1 Å². The second-order valence-corrected chi connectivity index (χ2v) is 7.71. The van der Waals surface area contributed by atoms with Crippen molar-refractivity contribution in [2.24, 2.45) is 0 Å². The monoisotopic (exact) mass is 367 g/mol. The van der Waals surface area contributed by atoms with Gasteiger partial charge in [0.25, 0.3) is 0 Å². The van der Waals surface area contributed by atoms with Crippen molar-refractivity contribution in [3.05, 3.63) is 83.9 Å². The number of rotatable bonds is 2. The summed E-state index contributed by atoms with van der Waals surface area (Å²) in [6, 6.07) is 26.0. The number of nitrogens with zero attached hydrogens (tertiary/aromatic N) is 3. The van der Waals surface area contributed by atoms with Crippen LogP contribution in [0.25, 0.3) is 16.6 Å². The van der Waals surface area contributed by atoms with Gasteiger partial charge in [-0.3, -0.25) is 4.57 Å². The fourth-order valence-electron chi connectivity index (χ4n) is 4.63. The Hall–Kier alpha value is -3.20. The molecule has 0 fully saturated rings. The maximum atomic E-state index is 2.52. The molecule has 0 N–H and O–H groups in total. The fraction of sp³-hybridized carbons (Fsp3) is 0.200. The molecule has 5 rings (SSSR count). The summed E-state index contributed by atoms with van der Waals surface area (Å²) in [6.45, 7) is 6.71. The molecule has 4 aromatic rings. The van der Waals surface area contributed by atoms with E-state index in [0.717, 1.165) is 0 Å². The fourth-order valence-corrected chi connectivity index (χ4v) is 4.63. The van der Waals surface area contributed by atoms with Gasteiger partial charge in [0.05, 0.1) is 11.2 Å². The van der Waals surface area contributed by atoms with E-state index in [9.17, 15) is 0 Å². The molecule has 140 valence electrons. The zero-order chi connectivity index (χ0) is 19.4. The van der Waals surface area contributed by atoms with Crippen molar-refractivity contribution in [1.29, 1.82) is 0 Å². The minimum Gasteiger partial charge on any atom is -0.338 e. The predicted molar refractivity (Wildman–Crippen MR) is 119 cm³/mol. The van der Waals surface area contributed by atoms with Gasteiger partial charge in [-0.2, -0.15) is 0 Å². The minimum absolute atomic E-state index is 0.240. The Morgan fingerprint density at radius 2 is 1.36 bits per heavy atom. The molecule has 28 heavy (non-hydrogen) atoms. The highest BCUT2D eigenvalue weighted by Crippen LogP contribution is 2.51. The molecule has 2 heterocycles. The molecular weight excluding hydrogens is 342 g/mol.